The Morgan fingerprint density at radius 3 is 2.58 bits per heavy atom. The number of hydrogen-bond donors (Lipinski definition) is 1. The summed E-state index contributed by atoms with van der Waals surface area (Å²) in [6.45, 7) is 2.99. The monoisotopic (exact) mass is 321 g/mol. The summed E-state index contributed by atoms with van der Waals surface area (Å²) in [7, 11) is 0. The van der Waals surface area contributed by atoms with Crippen molar-refractivity contribution in [2.75, 3.05) is 13.1 Å². The van der Waals surface area contributed by atoms with E-state index in [0.717, 1.165) is 38.0 Å². The predicted molar refractivity (Wildman–Crippen MR) is 94.6 cm³/mol. The Labute approximate surface area is 142 Å². The van der Waals surface area contributed by atoms with Gasteiger partial charge < -0.3 is 5.11 Å². The van der Waals surface area contributed by atoms with Crippen LogP contribution in [0.15, 0.2) is 60.9 Å². The standard InChI is InChI=1S/C20H23N3O/c24-20(16-6-2-1-3-7-16)17-9-12-22(13-10-17)15-18-14-21-23-11-5-4-8-19(18)23/h1-8,11,14,17,20,24H,9-10,12-13,15H2. The van der Waals surface area contributed by atoms with Gasteiger partial charge in [0, 0.05) is 18.3 Å². The highest BCUT2D eigenvalue weighted by molar-refractivity contribution is 5.53. The lowest BCUT2D eigenvalue weighted by atomic mass is 9.87. The van der Waals surface area contributed by atoms with Gasteiger partial charge in [-0.1, -0.05) is 36.4 Å². The molecule has 3 heterocycles. The maximum Gasteiger partial charge on any atom is 0.0819 e. The molecule has 0 amide bonds. The van der Waals surface area contributed by atoms with E-state index in [-0.39, 0.29) is 6.10 Å². The van der Waals surface area contributed by atoms with Crippen molar-refractivity contribution in [3.8, 4) is 0 Å². The lowest BCUT2D eigenvalue weighted by molar-refractivity contribution is 0.0569. The summed E-state index contributed by atoms with van der Waals surface area (Å²) in [6, 6.07) is 16.2. The summed E-state index contributed by atoms with van der Waals surface area (Å²) in [5, 5.41) is 15.0. The molecular formula is C20H23N3O. The van der Waals surface area contributed by atoms with Gasteiger partial charge in [-0.2, -0.15) is 5.10 Å². The van der Waals surface area contributed by atoms with Crippen LogP contribution in [0.25, 0.3) is 5.52 Å². The van der Waals surface area contributed by atoms with Crippen LogP contribution >= 0.6 is 0 Å². The fourth-order valence-corrected chi connectivity index (χ4v) is 3.70. The summed E-state index contributed by atoms with van der Waals surface area (Å²) in [6.07, 6.45) is 5.69. The number of piperidine rings is 1. The minimum Gasteiger partial charge on any atom is -0.388 e. The largest absolute Gasteiger partial charge is 0.388 e. The topological polar surface area (TPSA) is 40.8 Å². The number of nitrogens with zero attached hydrogens (tertiary/aromatic N) is 3. The number of fused-ring (bicyclic) bond motifs is 1. The molecule has 124 valence electrons. The predicted octanol–water partition coefficient (Wildman–Crippen LogP) is 3.28. The molecule has 0 spiro atoms. The summed E-state index contributed by atoms with van der Waals surface area (Å²) in [5.74, 6) is 0.354. The zero-order valence-corrected chi connectivity index (χ0v) is 13.8. The number of pyridine rings is 1. The summed E-state index contributed by atoms with van der Waals surface area (Å²) in [5.41, 5.74) is 3.50. The molecule has 1 atom stereocenters. The first-order chi connectivity index (χ1) is 11.8. The lowest BCUT2D eigenvalue weighted by Gasteiger charge is -2.34. The molecule has 0 saturated carbocycles. The van der Waals surface area contributed by atoms with Gasteiger partial charge in [-0.25, -0.2) is 4.52 Å². The highest BCUT2D eigenvalue weighted by Gasteiger charge is 2.26. The fraction of sp³-hybridized carbons (Fsp3) is 0.350. The quantitative estimate of drug-likeness (QED) is 0.802. The molecule has 0 bridgehead atoms. The molecular weight excluding hydrogens is 298 g/mol. The van der Waals surface area contributed by atoms with Crippen LogP contribution in [0.4, 0.5) is 0 Å². The van der Waals surface area contributed by atoms with Crippen LogP contribution in [0.3, 0.4) is 0 Å². The van der Waals surface area contributed by atoms with E-state index in [2.05, 4.69) is 22.1 Å². The highest BCUT2D eigenvalue weighted by atomic mass is 16.3. The van der Waals surface area contributed by atoms with Crippen molar-refractivity contribution in [2.45, 2.75) is 25.5 Å². The van der Waals surface area contributed by atoms with Gasteiger partial charge in [0.05, 0.1) is 17.8 Å². The summed E-state index contributed by atoms with van der Waals surface area (Å²) < 4.78 is 1.93. The van der Waals surface area contributed by atoms with E-state index in [9.17, 15) is 5.11 Å². The van der Waals surface area contributed by atoms with Crippen LogP contribution in [-0.4, -0.2) is 32.7 Å². The Bertz CT molecular complexity index is 791. The number of benzene rings is 1. The summed E-state index contributed by atoms with van der Waals surface area (Å²) >= 11 is 0. The third kappa shape index (κ3) is 3.07. The van der Waals surface area contributed by atoms with Gasteiger partial charge in [0.25, 0.3) is 0 Å². The van der Waals surface area contributed by atoms with Gasteiger partial charge in [0.2, 0.25) is 0 Å². The van der Waals surface area contributed by atoms with Crippen LogP contribution in [-0.2, 0) is 6.54 Å². The van der Waals surface area contributed by atoms with Gasteiger partial charge in [-0.15, -0.1) is 0 Å². The summed E-state index contributed by atoms with van der Waals surface area (Å²) in [4.78, 5) is 2.47. The second-order valence-electron chi connectivity index (χ2n) is 6.67. The second kappa shape index (κ2) is 6.75. The highest BCUT2D eigenvalue weighted by Crippen LogP contribution is 2.31. The number of aromatic nitrogens is 2. The average Bonchev–Trinajstić information content (AvgIpc) is 3.06. The molecule has 1 saturated heterocycles. The first-order valence-electron chi connectivity index (χ1n) is 8.68. The van der Waals surface area contributed by atoms with Crippen LogP contribution in [0.2, 0.25) is 0 Å². The van der Waals surface area contributed by atoms with Crippen molar-refractivity contribution in [3.05, 3.63) is 72.1 Å². The Morgan fingerprint density at radius 2 is 1.79 bits per heavy atom. The third-order valence-corrected chi connectivity index (χ3v) is 5.12. The van der Waals surface area contributed by atoms with Crippen molar-refractivity contribution in [2.24, 2.45) is 5.92 Å². The van der Waals surface area contributed by atoms with Gasteiger partial charge in [-0.3, -0.25) is 4.90 Å². The molecule has 3 aromatic rings. The number of aliphatic hydroxyl groups is 1. The van der Waals surface area contributed by atoms with Crippen molar-refractivity contribution in [1.29, 1.82) is 0 Å². The minimum absolute atomic E-state index is 0.342. The molecule has 1 fully saturated rings. The molecule has 1 aromatic carbocycles. The molecule has 1 aliphatic heterocycles. The van der Waals surface area contributed by atoms with E-state index in [1.807, 2.05) is 53.3 Å². The smallest absolute Gasteiger partial charge is 0.0819 e. The zero-order valence-electron chi connectivity index (χ0n) is 13.8. The molecule has 1 N–H and O–H groups in total. The second-order valence-corrected chi connectivity index (χ2v) is 6.67. The van der Waals surface area contributed by atoms with Gasteiger partial charge in [0.15, 0.2) is 0 Å². The number of likely N-dealkylation sites (tertiary alicyclic amines) is 1. The van der Waals surface area contributed by atoms with Gasteiger partial charge >= 0.3 is 0 Å². The molecule has 4 heteroatoms. The van der Waals surface area contributed by atoms with Gasteiger partial charge in [0.1, 0.15) is 0 Å². The maximum atomic E-state index is 10.6. The normalized spacial score (nSPS) is 18.0. The van der Waals surface area contributed by atoms with Crippen LogP contribution < -0.4 is 0 Å². The van der Waals surface area contributed by atoms with Crippen molar-refractivity contribution >= 4 is 5.52 Å². The number of hydrogen-bond acceptors (Lipinski definition) is 3. The van der Waals surface area contributed by atoms with Crippen molar-refractivity contribution < 1.29 is 5.11 Å². The Hall–Kier alpha value is -2.17. The van der Waals surface area contributed by atoms with E-state index in [1.165, 1.54) is 11.1 Å². The number of rotatable bonds is 4. The van der Waals surface area contributed by atoms with Crippen LogP contribution in [0, 0.1) is 5.92 Å². The Kier molecular flexibility index (Phi) is 4.32. The van der Waals surface area contributed by atoms with E-state index in [4.69, 9.17) is 0 Å². The molecule has 4 nitrogen and oxygen atoms in total. The maximum absolute atomic E-state index is 10.6. The van der Waals surface area contributed by atoms with Crippen LogP contribution in [0.5, 0.6) is 0 Å². The molecule has 1 aliphatic rings. The van der Waals surface area contributed by atoms with Crippen molar-refractivity contribution in [1.82, 2.24) is 14.5 Å². The molecule has 0 radical (unpaired) electrons. The minimum atomic E-state index is -0.342. The van der Waals surface area contributed by atoms with E-state index >= 15 is 0 Å². The molecule has 1 unspecified atom stereocenters. The van der Waals surface area contributed by atoms with E-state index < -0.39 is 0 Å². The Balaban J connectivity index is 1.38. The number of aliphatic hydroxyl groups excluding tert-OH is 1. The third-order valence-electron chi connectivity index (χ3n) is 5.12. The SMILES string of the molecule is OC(c1ccccc1)C1CCN(Cc2cnn3ccccc23)CC1. The lowest BCUT2D eigenvalue weighted by Crippen LogP contribution is -2.35. The van der Waals surface area contributed by atoms with Crippen molar-refractivity contribution in [3.63, 3.8) is 0 Å². The molecule has 4 rings (SSSR count). The van der Waals surface area contributed by atoms with E-state index in [1.54, 1.807) is 0 Å². The fourth-order valence-electron chi connectivity index (χ4n) is 3.70. The molecule has 0 aliphatic carbocycles. The molecule has 2 aromatic heterocycles. The van der Waals surface area contributed by atoms with Crippen LogP contribution in [0.1, 0.15) is 30.1 Å². The Morgan fingerprint density at radius 1 is 1.04 bits per heavy atom. The molecule has 24 heavy (non-hydrogen) atoms. The van der Waals surface area contributed by atoms with E-state index in [0.29, 0.717) is 5.92 Å². The average molecular weight is 321 g/mol. The zero-order chi connectivity index (χ0) is 16.4. The van der Waals surface area contributed by atoms with Gasteiger partial charge in [-0.05, 0) is 49.5 Å². The first kappa shape index (κ1) is 15.4. The first-order valence-corrected chi connectivity index (χ1v) is 8.68.